The minimum atomic E-state index is -0.621. The lowest BCUT2D eigenvalue weighted by Crippen LogP contribution is -2.09. The normalized spacial score (nSPS) is 11.0. The van der Waals surface area contributed by atoms with Crippen LogP contribution in [-0.2, 0) is 11.3 Å². The van der Waals surface area contributed by atoms with E-state index in [2.05, 4.69) is 5.10 Å². The van der Waals surface area contributed by atoms with E-state index in [1.807, 2.05) is 6.07 Å². The van der Waals surface area contributed by atoms with Crippen LogP contribution in [0.5, 0.6) is 0 Å². The topological polar surface area (TPSA) is 34.9 Å². The fourth-order valence-corrected chi connectivity index (χ4v) is 2.38. The predicted molar refractivity (Wildman–Crippen MR) is 80.4 cm³/mol. The lowest BCUT2D eigenvalue weighted by Gasteiger charge is -2.05. The van der Waals surface area contributed by atoms with Gasteiger partial charge in [0.25, 0.3) is 0 Å². The van der Waals surface area contributed by atoms with Gasteiger partial charge in [-0.2, -0.15) is 5.10 Å². The number of hydrogen-bond donors (Lipinski definition) is 0. The van der Waals surface area contributed by atoms with Crippen molar-refractivity contribution in [3.05, 3.63) is 54.2 Å². The van der Waals surface area contributed by atoms with Crippen molar-refractivity contribution in [1.82, 2.24) is 9.78 Å². The highest BCUT2D eigenvalue weighted by atomic mass is 19.1. The van der Waals surface area contributed by atoms with Crippen LogP contribution in [0.25, 0.3) is 22.0 Å². The summed E-state index contributed by atoms with van der Waals surface area (Å²) in [6, 6.07) is 8.80. The number of aromatic nitrogens is 2. The first kappa shape index (κ1) is 14.4. The molecule has 0 aliphatic rings. The average molecular weight is 300 g/mol. The van der Waals surface area contributed by atoms with Gasteiger partial charge in [0, 0.05) is 17.9 Å². The Morgan fingerprint density at radius 2 is 1.82 bits per heavy atom. The average Bonchev–Trinajstić information content (AvgIpc) is 2.88. The Morgan fingerprint density at radius 1 is 1.09 bits per heavy atom. The molecule has 22 heavy (non-hydrogen) atoms. The standard InChI is InChI=1S/C17H14F2N2O/c1-2-16(22)10-21-17-7-11(3-4-12(17)9-20-21)13-5-14(18)8-15(19)6-13/h3-9H,2,10H2,1H3. The summed E-state index contributed by atoms with van der Waals surface area (Å²) < 4.78 is 28.3. The summed E-state index contributed by atoms with van der Waals surface area (Å²) in [6.45, 7) is 2.00. The van der Waals surface area contributed by atoms with Crippen molar-refractivity contribution >= 4 is 16.7 Å². The summed E-state index contributed by atoms with van der Waals surface area (Å²) in [5.74, 6) is -1.17. The van der Waals surface area contributed by atoms with E-state index in [4.69, 9.17) is 0 Å². The summed E-state index contributed by atoms with van der Waals surface area (Å²) in [4.78, 5) is 11.6. The number of nitrogens with zero attached hydrogens (tertiary/aromatic N) is 2. The number of ketones is 1. The second-order valence-corrected chi connectivity index (χ2v) is 5.13. The fourth-order valence-electron chi connectivity index (χ4n) is 2.38. The molecule has 1 aromatic heterocycles. The van der Waals surface area contributed by atoms with Gasteiger partial charge < -0.3 is 0 Å². The molecule has 112 valence electrons. The molecule has 1 heterocycles. The van der Waals surface area contributed by atoms with Gasteiger partial charge in [0.1, 0.15) is 18.2 Å². The van der Waals surface area contributed by atoms with Gasteiger partial charge in [0.05, 0.1) is 11.7 Å². The van der Waals surface area contributed by atoms with E-state index in [9.17, 15) is 13.6 Å². The smallest absolute Gasteiger partial charge is 0.154 e. The lowest BCUT2D eigenvalue weighted by atomic mass is 10.0. The third-order valence-corrected chi connectivity index (χ3v) is 3.56. The second-order valence-electron chi connectivity index (χ2n) is 5.13. The van der Waals surface area contributed by atoms with Gasteiger partial charge >= 0.3 is 0 Å². The van der Waals surface area contributed by atoms with E-state index in [0.717, 1.165) is 17.0 Å². The molecule has 0 aliphatic heterocycles. The summed E-state index contributed by atoms with van der Waals surface area (Å²) >= 11 is 0. The second kappa shape index (κ2) is 5.67. The molecule has 0 unspecified atom stereocenters. The van der Waals surface area contributed by atoms with Crippen LogP contribution in [-0.4, -0.2) is 15.6 Å². The largest absolute Gasteiger partial charge is 0.298 e. The zero-order valence-electron chi connectivity index (χ0n) is 12.0. The molecule has 0 radical (unpaired) electrons. The molecule has 0 atom stereocenters. The van der Waals surface area contributed by atoms with E-state index in [1.165, 1.54) is 12.1 Å². The van der Waals surface area contributed by atoms with E-state index < -0.39 is 11.6 Å². The quantitative estimate of drug-likeness (QED) is 0.731. The number of Topliss-reactive ketones (excluding diaryl/α,β-unsaturated/α-hetero) is 1. The molecule has 0 aliphatic carbocycles. The summed E-state index contributed by atoms with van der Waals surface area (Å²) in [5.41, 5.74) is 1.90. The predicted octanol–water partition coefficient (Wildman–Crippen LogP) is 3.96. The number of carbonyl (C=O) groups is 1. The van der Waals surface area contributed by atoms with E-state index >= 15 is 0 Å². The van der Waals surface area contributed by atoms with Crippen LogP contribution < -0.4 is 0 Å². The van der Waals surface area contributed by atoms with Crippen LogP contribution in [0, 0.1) is 11.6 Å². The minimum absolute atomic E-state index is 0.0761. The van der Waals surface area contributed by atoms with Crippen molar-refractivity contribution in [3.63, 3.8) is 0 Å². The van der Waals surface area contributed by atoms with Crippen molar-refractivity contribution in [1.29, 1.82) is 0 Å². The number of halogens is 2. The zero-order chi connectivity index (χ0) is 15.7. The molecule has 2 aromatic carbocycles. The molecule has 5 heteroatoms. The first-order chi connectivity index (χ1) is 10.6. The Labute approximate surface area is 126 Å². The first-order valence-electron chi connectivity index (χ1n) is 7.00. The SMILES string of the molecule is CCC(=O)Cn1ncc2ccc(-c3cc(F)cc(F)c3)cc21. The van der Waals surface area contributed by atoms with Gasteiger partial charge in [-0.25, -0.2) is 8.78 Å². The number of rotatable bonds is 4. The maximum absolute atomic E-state index is 13.4. The van der Waals surface area contributed by atoms with Gasteiger partial charge in [0.2, 0.25) is 0 Å². The minimum Gasteiger partial charge on any atom is -0.298 e. The van der Waals surface area contributed by atoms with Crippen molar-refractivity contribution in [2.45, 2.75) is 19.9 Å². The lowest BCUT2D eigenvalue weighted by molar-refractivity contribution is -0.119. The van der Waals surface area contributed by atoms with Crippen molar-refractivity contribution < 1.29 is 13.6 Å². The molecule has 3 aromatic rings. The Balaban J connectivity index is 2.08. The van der Waals surface area contributed by atoms with Crippen LogP contribution in [0.15, 0.2) is 42.6 Å². The Morgan fingerprint density at radius 3 is 2.50 bits per heavy atom. The molecule has 0 saturated carbocycles. The summed E-state index contributed by atoms with van der Waals surface area (Å²) in [7, 11) is 0. The van der Waals surface area contributed by atoms with Gasteiger partial charge in [0.15, 0.2) is 5.78 Å². The third-order valence-electron chi connectivity index (χ3n) is 3.56. The fraction of sp³-hybridized carbons (Fsp3) is 0.176. The third kappa shape index (κ3) is 2.74. The number of benzene rings is 2. The highest BCUT2D eigenvalue weighted by Crippen LogP contribution is 2.26. The molecule has 0 fully saturated rings. The molecular formula is C17H14F2N2O. The highest BCUT2D eigenvalue weighted by molar-refractivity contribution is 5.86. The number of hydrogen-bond acceptors (Lipinski definition) is 2. The van der Waals surface area contributed by atoms with E-state index in [-0.39, 0.29) is 12.3 Å². The number of fused-ring (bicyclic) bond motifs is 1. The van der Waals surface area contributed by atoms with Gasteiger partial charge in [-0.15, -0.1) is 0 Å². The highest BCUT2D eigenvalue weighted by Gasteiger charge is 2.09. The molecule has 0 saturated heterocycles. The van der Waals surface area contributed by atoms with Crippen LogP contribution in [0.1, 0.15) is 13.3 Å². The van der Waals surface area contributed by atoms with Crippen molar-refractivity contribution in [2.24, 2.45) is 0 Å². The molecule has 0 spiro atoms. The van der Waals surface area contributed by atoms with E-state index in [1.54, 1.807) is 29.9 Å². The van der Waals surface area contributed by atoms with Crippen LogP contribution in [0.4, 0.5) is 8.78 Å². The van der Waals surface area contributed by atoms with Crippen LogP contribution >= 0.6 is 0 Å². The van der Waals surface area contributed by atoms with Crippen molar-refractivity contribution in [3.8, 4) is 11.1 Å². The first-order valence-corrected chi connectivity index (χ1v) is 7.00. The van der Waals surface area contributed by atoms with Gasteiger partial charge in [-0.1, -0.05) is 19.1 Å². The molecule has 0 amide bonds. The maximum Gasteiger partial charge on any atom is 0.154 e. The van der Waals surface area contributed by atoms with E-state index in [0.29, 0.717) is 17.5 Å². The Kier molecular flexibility index (Phi) is 3.71. The molecule has 3 rings (SSSR count). The zero-order valence-corrected chi connectivity index (χ0v) is 12.0. The Hall–Kier alpha value is -2.56. The summed E-state index contributed by atoms with van der Waals surface area (Å²) in [6.07, 6.45) is 2.12. The van der Waals surface area contributed by atoms with Crippen LogP contribution in [0.3, 0.4) is 0 Å². The molecule has 3 nitrogen and oxygen atoms in total. The van der Waals surface area contributed by atoms with Gasteiger partial charge in [-0.05, 0) is 29.3 Å². The molecular weight excluding hydrogens is 286 g/mol. The molecule has 0 bridgehead atoms. The maximum atomic E-state index is 13.4. The monoisotopic (exact) mass is 300 g/mol. The summed E-state index contributed by atoms with van der Waals surface area (Å²) in [5, 5.41) is 5.08. The van der Waals surface area contributed by atoms with Crippen molar-refractivity contribution in [2.75, 3.05) is 0 Å². The Bertz CT molecular complexity index is 835. The van der Waals surface area contributed by atoms with Crippen LogP contribution in [0.2, 0.25) is 0 Å². The molecule has 0 N–H and O–H groups in total. The number of carbonyl (C=O) groups excluding carboxylic acids is 1. The van der Waals surface area contributed by atoms with Gasteiger partial charge in [-0.3, -0.25) is 9.48 Å².